The predicted molar refractivity (Wildman–Crippen MR) is 76.3 cm³/mol. The van der Waals surface area contributed by atoms with Crippen LogP contribution in [-0.4, -0.2) is 26.7 Å². The first-order valence-corrected chi connectivity index (χ1v) is 6.91. The molecule has 8 nitrogen and oxygen atoms in total. The van der Waals surface area contributed by atoms with Gasteiger partial charge < -0.3 is 16.2 Å². The van der Waals surface area contributed by atoms with Crippen LogP contribution in [0.3, 0.4) is 0 Å². The van der Waals surface area contributed by atoms with Crippen LogP contribution >= 0.6 is 11.3 Å². The molecule has 2 rings (SSSR count). The zero-order valence-corrected chi connectivity index (χ0v) is 11.8. The fourth-order valence-corrected chi connectivity index (χ4v) is 2.21. The second kappa shape index (κ2) is 6.75. The first-order valence-electron chi connectivity index (χ1n) is 6.03. The first kappa shape index (κ1) is 14.9. The van der Waals surface area contributed by atoms with Crippen LogP contribution in [0.4, 0.5) is 11.9 Å². The summed E-state index contributed by atoms with van der Waals surface area (Å²) in [6.07, 6.45) is 0.0909. The summed E-state index contributed by atoms with van der Waals surface area (Å²) in [5, 5.41) is 1.81. The molecule has 0 aliphatic carbocycles. The van der Waals surface area contributed by atoms with Gasteiger partial charge in [0.25, 0.3) is 0 Å². The molecular formula is C12H13N5O3S. The van der Waals surface area contributed by atoms with Crippen LogP contribution in [0.1, 0.15) is 28.3 Å². The number of rotatable bonds is 6. The minimum atomic E-state index is -0.516. The van der Waals surface area contributed by atoms with Crippen LogP contribution in [0.2, 0.25) is 0 Å². The Hall–Kier alpha value is -2.55. The summed E-state index contributed by atoms with van der Waals surface area (Å²) in [5.74, 6) is -0.520. The van der Waals surface area contributed by atoms with E-state index in [-0.39, 0.29) is 43.0 Å². The van der Waals surface area contributed by atoms with Gasteiger partial charge in [-0.3, -0.25) is 9.59 Å². The highest BCUT2D eigenvalue weighted by Gasteiger charge is 2.12. The third-order valence-electron chi connectivity index (χ3n) is 2.43. The fourth-order valence-electron chi connectivity index (χ4n) is 1.51. The zero-order chi connectivity index (χ0) is 15.2. The molecule has 0 bridgehead atoms. The molecule has 0 radical (unpaired) electrons. The van der Waals surface area contributed by atoms with Gasteiger partial charge >= 0.3 is 5.97 Å². The first-order chi connectivity index (χ1) is 10.0. The Labute approximate surface area is 124 Å². The zero-order valence-electron chi connectivity index (χ0n) is 11.0. The van der Waals surface area contributed by atoms with Gasteiger partial charge in [-0.15, -0.1) is 11.3 Å². The third kappa shape index (κ3) is 4.49. The molecule has 21 heavy (non-hydrogen) atoms. The van der Waals surface area contributed by atoms with Crippen LogP contribution in [0.5, 0.6) is 0 Å². The van der Waals surface area contributed by atoms with Crippen molar-refractivity contribution in [3.63, 3.8) is 0 Å². The number of Topliss-reactive ketones (excluding diaryl/α,β-unsaturated/α-hetero) is 1. The smallest absolute Gasteiger partial charge is 0.306 e. The Morgan fingerprint density at radius 1 is 1.14 bits per heavy atom. The molecule has 9 heteroatoms. The Kier molecular flexibility index (Phi) is 4.77. The van der Waals surface area contributed by atoms with Crippen molar-refractivity contribution >= 4 is 35.0 Å². The molecule has 0 saturated heterocycles. The maximum Gasteiger partial charge on any atom is 0.306 e. The molecule has 0 amide bonds. The molecule has 0 saturated carbocycles. The summed E-state index contributed by atoms with van der Waals surface area (Å²) in [6, 6.07) is 3.50. The highest BCUT2D eigenvalue weighted by atomic mass is 32.1. The number of nitrogens with zero attached hydrogens (tertiary/aromatic N) is 3. The van der Waals surface area contributed by atoms with Crippen molar-refractivity contribution in [2.45, 2.75) is 19.4 Å². The van der Waals surface area contributed by atoms with Gasteiger partial charge in [-0.05, 0) is 11.4 Å². The largest absolute Gasteiger partial charge is 0.457 e. The second-order valence-corrected chi connectivity index (χ2v) is 4.98. The molecule has 0 atom stereocenters. The minimum absolute atomic E-state index is 0.00716. The lowest BCUT2D eigenvalue weighted by Crippen LogP contribution is -2.11. The summed E-state index contributed by atoms with van der Waals surface area (Å²) in [4.78, 5) is 35.0. The Morgan fingerprint density at radius 3 is 2.48 bits per heavy atom. The molecule has 0 aliphatic heterocycles. The molecule has 2 heterocycles. The second-order valence-electron chi connectivity index (χ2n) is 4.03. The van der Waals surface area contributed by atoms with E-state index in [1.165, 1.54) is 11.3 Å². The van der Waals surface area contributed by atoms with Gasteiger partial charge in [-0.2, -0.15) is 15.0 Å². The molecule has 2 aromatic rings. The Bertz CT molecular complexity index is 624. The van der Waals surface area contributed by atoms with Crippen molar-refractivity contribution in [2.75, 3.05) is 11.5 Å². The molecule has 0 unspecified atom stereocenters. The van der Waals surface area contributed by atoms with Crippen LogP contribution in [-0.2, 0) is 16.1 Å². The quantitative estimate of drug-likeness (QED) is 0.591. The van der Waals surface area contributed by atoms with E-state index in [4.69, 9.17) is 16.2 Å². The van der Waals surface area contributed by atoms with Gasteiger partial charge in [0.15, 0.2) is 18.2 Å². The molecule has 0 spiro atoms. The summed E-state index contributed by atoms with van der Waals surface area (Å²) >= 11 is 1.34. The van der Waals surface area contributed by atoms with E-state index in [2.05, 4.69) is 15.0 Å². The Balaban J connectivity index is 1.78. The lowest BCUT2D eigenvalue weighted by atomic mass is 10.2. The summed E-state index contributed by atoms with van der Waals surface area (Å²) in [7, 11) is 0. The highest BCUT2D eigenvalue weighted by Crippen LogP contribution is 2.12. The number of thiophene rings is 1. The highest BCUT2D eigenvalue weighted by molar-refractivity contribution is 7.12. The lowest BCUT2D eigenvalue weighted by Gasteiger charge is -2.04. The number of nitrogen functional groups attached to an aromatic ring is 2. The number of carbonyl (C=O) groups is 2. The maximum absolute atomic E-state index is 11.7. The minimum Gasteiger partial charge on any atom is -0.457 e. The van der Waals surface area contributed by atoms with Gasteiger partial charge in [0.2, 0.25) is 11.9 Å². The van der Waals surface area contributed by atoms with E-state index in [1.807, 2.05) is 0 Å². The number of hydrogen-bond acceptors (Lipinski definition) is 9. The number of hydrogen-bond donors (Lipinski definition) is 2. The van der Waals surface area contributed by atoms with Crippen molar-refractivity contribution in [3.05, 3.63) is 28.2 Å². The average molecular weight is 307 g/mol. The number of nitrogens with two attached hydrogens (primary N) is 2. The average Bonchev–Trinajstić information content (AvgIpc) is 2.95. The maximum atomic E-state index is 11.7. The number of anilines is 2. The van der Waals surface area contributed by atoms with Crippen molar-refractivity contribution in [1.29, 1.82) is 0 Å². The van der Waals surface area contributed by atoms with E-state index in [0.717, 1.165) is 0 Å². The van der Waals surface area contributed by atoms with Crippen molar-refractivity contribution in [3.8, 4) is 0 Å². The van der Waals surface area contributed by atoms with Crippen molar-refractivity contribution < 1.29 is 14.3 Å². The number of ketones is 1. The summed E-state index contributed by atoms with van der Waals surface area (Å²) in [6.45, 7) is -0.164. The number of aromatic nitrogens is 3. The van der Waals surface area contributed by atoms with Gasteiger partial charge in [0, 0.05) is 6.42 Å². The van der Waals surface area contributed by atoms with E-state index >= 15 is 0 Å². The number of carbonyl (C=O) groups excluding carboxylic acids is 2. The van der Waals surface area contributed by atoms with E-state index in [9.17, 15) is 9.59 Å². The number of esters is 1. The standard InChI is InChI=1S/C12H13N5O3S/c13-11-15-9(16-12(14)17-11)6-20-10(19)4-3-7(18)8-2-1-5-21-8/h1-2,5H,3-4,6H2,(H4,13,14,15,16,17). The van der Waals surface area contributed by atoms with Gasteiger partial charge in [0.1, 0.15) is 0 Å². The van der Waals surface area contributed by atoms with Gasteiger partial charge in [0.05, 0.1) is 11.3 Å². The van der Waals surface area contributed by atoms with Crippen LogP contribution in [0.25, 0.3) is 0 Å². The molecule has 4 N–H and O–H groups in total. The van der Waals surface area contributed by atoms with Crippen molar-refractivity contribution in [1.82, 2.24) is 15.0 Å². The van der Waals surface area contributed by atoms with Crippen molar-refractivity contribution in [2.24, 2.45) is 0 Å². The molecular weight excluding hydrogens is 294 g/mol. The van der Waals surface area contributed by atoms with Crippen LogP contribution in [0.15, 0.2) is 17.5 Å². The predicted octanol–water partition coefficient (Wildman–Crippen LogP) is 0.804. The molecule has 110 valence electrons. The normalized spacial score (nSPS) is 10.3. The van der Waals surface area contributed by atoms with E-state index in [0.29, 0.717) is 4.88 Å². The summed E-state index contributed by atoms with van der Waals surface area (Å²) in [5.41, 5.74) is 10.8. The van der Waals surface area contributed by atoms with Gasteiger partial charge in [-0.25, -0.2) is 0 Å². The SMILES string of the molecule is Nc1nc(N)nc(COC(=O)CCC(=O)c2cccs2)n1. The Morgan fingerprint density at radius 2 is 1.86 bits per heavy atom. The number of ether oxygens (including phenoxy) is 1. The molecule has 0 aliphatic rings. The van der Waals surface area contributed by atoms with Crippen LogP contribution < -0.4 is 11.5 Å². The third-order valence-corrected chi connectivity index (χ3v) is 3.34. The van der Waals surface area contributed by atoms with E-state index < -0.39 is 5.97 Å². The van der Waals surface area contributed by atoms with Gasteiger partial charge in [-0.1, -0.05) is 6.07 Å². The fraction of sp³-hybridized carbons (Fsp3) is 0.250. The van der Waals surface area contributed by atoms with Crippen LogP contribution in [0, 0.1) is 0 Å². The molecule has 0 aromatic carbocycles. The van der Waals surface area contributed by atoms with E-state index in [1.54, 1.807) is 17.5 Å². The molecule has 0 fully saturated rings. The molecule has 2 aromatic heterocycles. The summed E-state index contributed by atoms with van der Waals surface area (Å²) < 4.78 is 4.95. The topological polar surface area (TPSA) is 134 Å². The lowest BCUT2D eigenvalue weighted by molar-refractivity contribution is -0.145. The monoisotopic (exact) mass is 307 g/mol.